The fourth-order valence-corrected chi connectivity index (χ4v) is 2.37. The van der Waals surface area contributed by atoms with Gasteiger partial charge in [0.15, 0.2) is 0 Å². The first-order valence-electron chi connectivity index (χ1n) is 6.78. The molecule has 0 fully saturated rings. The molecule has 0 aliphatic rings. The lowest BCUT2D eigenvalue weighted by molar-refractivity contribution is -0.116. The van der Waals surface area contributed by atoms with Gasteiger partial charge in [-0.2, -0.15) is 0 Å². The number of methoxy groups -OCH3 is 1. The minimum absolute atomic E-state index is 0.0112. The van der Waals surface area contributed by atoms with E-state index in [1.165, 1.54) is 0 Å². The number of ether oxygens (including phenoxy) is 1. The number of carbonyl (C=O) groups excluding carboxylic acids is 1. The number of anilines is 1. The summed E-state index contributed by atoms with van der Waals surface area (Å²) in [6, 6.07) is 13.6. The van der Waals surface area contributed by atoms with Crippen molar-refractivity contribution in [3.8, 4) is 5.75 Å². The zero-order chi connectivity index (χ0) is 15.2. The molecule has 0 saturated heterocycles. The third-order valence-corrected chi connectivity index (χ3v) is 4.32. The van der Waals surface area contributed by atoms with Crippen molar-refractivity contribution in [1.29, 1.82) is 0 Å². The van der Waals surface area contributed by atoms with Crippen LogP contribution in [0.1, 0.15) is 17.5 Å². The van der Waals surface area contributed by atoms with Gasteiger partial charge in [0.1, 0.15) is 5.75 Å². The molecule has 4 heteroatoms. The summed E-state index contributed by atoms with van der Waals surface area (Å²) in [5.41, 5.74) is 3.03. The summed E-state index contributed by atoms with van der Waals surface area (Å²) in [5.74, 6) is 0.837. The number of amides is 1. The Kier molecular flexibility index (Phi) is 5.39. The molecule has 0 unspecified atom stereocenters. The Hall–Kier alpha value is -1.81. The highest BCUT2D eigenvalue weighted by Gasteiger charge is 2.07. The Labute approximate surface area is 133 Å². The second-order valence-corrected chi connectivity index (χ2v) is 5.63. The monoisotopic (exact) mass is 347 g/mol. The standard InChI is InChI=1S/C17H18BrNO2/c1-12-4-3-5-15(17(12)18)19-16(20)11-8-13-6-9-14(21-2)10-7-13/h3-7,9-10H,8,11H2,1-2H3,(H,19,20). The molecule has 0 aliphatic carbocycles. The summed E-state index contributed by atoms with van der Waals surface area (Å²) in [6.07, 6.45) is 1.16. The van der Waals surface area contributed by atoms with Crippen molar-refractivity contribution in [2.75, 3.05) is 12.4 Å². The van der Waals surface area contributed by atoms with E-state index in [4.69, 9.17) is 4.74 Å². The van der Waals surface area contributed by atoms with Crippen LogP contribution in [0.5, 0.6) is 5.75 Å². The summed E-state index contributed by atoms with van der Waals surface area (Å²) in [4.78, 5) is 12.0. The van der Waals surface area contributed by atoms with Crippen molar-refractivity contribution in [2.24, 2.45) is 0 Å². The number of hydrogen-bond donors (Lipinski definition) is 1. The lowest BCUT2D eigenvalue weighted by Crippen LogP contribution is -2.12. The minimum atomic E-state index is 0.0112. The van der Waals surface area contributed by atoms with Crippen LogP contribution in [0.3, 0.4) is 0 Å². The van der Waals surface area contributed by atoms with Gasteiger partial charge in [-0.1, -0.05) is 24.3 Å². The maximum absolute atomic E-state index is 12.0. The number of halogens is 1. The Morgan fingerprint density at radius 3 is 2.57 bits per heavy atom. The summed E-state index contributed by atoms with van der Waals surface area (Å²) >= 11 is 3.49. The first kappa shape index (κ1) is 15.6. The van der Waals surface area contributed by atoms with Gasteiger partial charge >= 0.3 is 0 Å². The predicted octanol–water partition coefficient (Wildman–Crippen LogP) is 4.34. The summed E-state index contributed by atoms with van der Waals surface area (Å²) in [7, 11) is 1.64. The second kappa shape index (κ2) is 7.27. The highest BCUT2D eigenvalue weighted by Crippen LogP contribution is 2.25. The van der Waals surface area contributed by atoms with Crippen LogP contribution in [0.15, 0.2) is 46.9 Å². The van der Waals surface area contributed by atoms with Gasteiger partial charge < -0.3 is 10.1 Å². The quantitative estimate of drug-likeness (QED) is 0.873. The number of benzene rings is 2. The lowest BCUT2D eigenvalue weighted by Gasteiger charge is -2.09. The van der Waals surface area contributed by atoms with Gasteiger partial charge in [0.25, 0.3) is 0 Å². The number of aryl methyl sites for hydroxylation is 2. The fourth-order valence-electron chi connectivity index (χ4n) is 2.01. The Morgan fingerprint density at radius 1 is 1.19 bits per heavy atom. The molecule has 2 aromatic carbocycles. The van der Waals surface area contributed by atoms with Crippen molar-refractivity contribution in [3.63, 3.8) is 0 Å². The topological polar surface area (TPSA) is 38.3 Å². The minimum Gasteiger partial charge on any atom is -0.497 e. The average molecular weight is 348 g/mol. The van der Waals surface area contributed by atoms with E-state index in [0.717, 1.165) is 27.0 Å². The van der Waals surface area contributed by atoms with Gasteiger partial charge in [0.2, 0.25) is 5.91 Å². The van der Waals surface area contributed by atoms with Crippen molar-refractivity contribution >= 4 is 27.5 Å². The van der Waals surface area contributed by atoms with Crippen molar-refractivity contribution in [2.45, 2.75) is 19.8 Å². The van der Waals surface area contributed by atoms with Crippen molar-refractivity contribution < 1.29 is 9.53 Å². The Morgan fingerprint density at radius 2 is 1.90 bits per heavy atom. The van der Waals surface area contributed by atoms with Crippen molar-refractivity contribution in [1.82, 2.24) is 0 Å². The van der Waals surface area contributed by atoms with Crippen LogP contribution in [0.25, 0.3) is 0 Å². The molecule has 0 atom stereocenters. The predicted molar refractivity (Wildman–Crippen MR) is 88.8 cm³/mol. The van der Waals surface area contributed by atoms with Gasteiger partial charge in [-0.3, -0.25) is 4.79 Å². The molecule has 0 heterocycles. The molecule has 3 nitrogen and oxygen atoms in total. The zero-order valence-electron chi connectivity index (χ0n) is 12.2. The van der Waals surface area contributed by atoms with E-state index < -0.39 is 0 Å². The summed E-state index contributed by atoms with van der Waals surface area (Å²) in [6.45, 7) is 2.00. The van der Waals surface area contributed by atoms with Gasteiger partial charge in [-0.05, 0) is 58.6 Å². The second-order valence-electron chi connectivity index (χ2n) is 4.83. The van der Waals surface area contributed by atoms with Crippen LogP contribution in [-0.2, 0) is 11.2 Å². The van der Waals surface area contributed by atoms with Crippen LogP contribution in [0.4, 0.5) is 5.69 Å². The molecule has 1 N–H and O–H groups in total. The summed E-state index contributed by atoms with van der Waals surface area (Å²) in [5, 5.41) is 2.93. The molecule has 2 aromatic rings. The highest BCUT2D eigenvalue weighted by atomic mass is 79.9. The molecule has 1 amide bonds. The smallest absolute Gasteiger partial charge is 0.224 e. The summed E-state index contributed by atoms with van der Waals surface area (Å²) < 4.78 is 6.05. The Balaban J connectivity index is 1.91. The molecular weight excluding hydrogens is 330 g/mol. The third kappa shape index (κ3) is 4.33. The average Bonchev–Trinajstić information content (AvgIpc) is 2.50. The van der Waals surface area contributed by atoms with E-state index in [2.05, 4.69) is 21.2 Å². The molecule has 0 radical (unpaired) electrons. The molecule has 0 aliphatic heterocycles. The van der Waals surface area contributed by atoms with Crippen LogP contribution in [-0.4, -0.2) is 13.0 Å². The zero-order valence-corrected chi connectivity index (χ0v) is 13.7. The Bertz CT molecular complexity index is 623. The van der Waals surface area contributed by atoms with Crippen LogP contribution >= 0.6 is 15.9 Å². The van der Waals surface area contributed by atoms with Crippen LogP contribution in [0, 0.1) is 6.92 Å². The fraction of sp³-hybridized carbons (Fsp3) is 0.235. The first-order chi connectivity index (χ1) is 10.1. The molecular formula is C17H18BrNO2. The van der Waals surface area contributed by atoms with Gasteiger partial charge in [0.05, 0.1) is 12.8 Å². The SMILES string of the molecule is COc1ccc(CCC(=O)Nc2cccc(C)c2Br)cc1. The maximum atomic E-state index is 12.0. The molecule has 0 spiro atoms. The molecule has 21 heavy (non-hydrogen) atoms. The number of rotatable bonds is 5. The largest absolute Gasteiger partial charge is 0.497 e. The maximum Gasteiger partial charge on any atom is 0.224 e. The van der Waals surface area contributed by atoms with E-state index in [9.17, 15) is 4.79 Å². The van der Waals surface area contributed by atoms with E-state index in [1.54, 1.807) is 7.11 Å². The molecule has 0 bridgehead atoms. The lowest BCUT2D eigenvalue weighted by atomic mass is 10.1. The van der Waals surface area contributed by atoms with E-state index >= 15 is 0 Å². The van der Waals surface area contributed by atoms with Crippen molar-refractivity contribution in [3.05, 3.63) is 58.1 Å². The first-order valence-corrected chi connectivity index (χ1v) is 7.57. The molecule has 110 valence electrons. The number of hydrogen-bond acceptors (Lipinski definition) is 2. The molecule has 0 aromatic heterocycles. The number of carbonyl (C=O) groups is 1. The normalized spacial score (nSPS) is 10.2. The molecule has 0 saturated carbocycles. The number of nitrogens with one attached hydrogen (secondary N) is 1. The third-order valence-electron chi connectivity index (χ3n) is 3.27. The highest BCUT2D eigenvalue weighted by molar-refractivity contribution is 9.10. The van der Waals surface area contributed by atoms with E-state index in [-0.39, 0.29) is 5.91 Å². The van der Waals surface area contributed by atoms with Gasteiger partial charge in [-0.15, -0.1) is 0 Å². The molecule has 2 rings (SSSR count). The van der Waals surface area contributed by atoms with Gasteiger partial charge in [-0.25, -0.2) is 0 Å². The van der Waals surface area contributed by atoms with E-state index in [0.29, 0.717) is 12.8 Å². The van der Waals surface area contributed by atoms with Crippen LogP contribution < -0.4 is 10.1 Å². The van der Waals surface area contributed by atoms with Gasteiger partial charge in [0, 0.05) is 10.9 Å². The van der Waals surface area contributed by atoms with Crippen LogP contribution in [0.2, 0.25) is 0 Å². The van der Waals surface area contributed by atoms with E-state index in [1.807, 2.05) is 49.4 Å².